The van der Waals surface area contributed by atoms with E-state index in [2.05, 4.69) is 31.7 Å². The van der Waals surface area contributed by atoms with E-state index >= 15 is 0 Å². The zero-order valence-corrected chi connectivity index (χ0v) is 14.4. The SMILES string of the molecule is O=C(O)Nc1nc2ccc(Sc3ccc(-c4ccsc4)nc3)cc2[nH]1. The second kappa shape index (κ2) is 6.58. The van der Waals surface area contributed by atoms with Crippen molar-refractivity contribution in [3.63, 3.8) is 0 Å². The highest BCUT2D eigenvalue weighted by Gasteiger charge is 2.07. The van der Waals surface area contributed by atoms with E-state index in [4.69, 9.17) is 5.11 Å². The Hall–Kier alpha value is -2.84. The molecule has 1 aromatic carbocycles. The number of anilines is 1. The number of thiophene rings is 1. The molecule has 8 heteroatoms. The van der Waals surface area contributed by atoms with Crippen molar-refractivity contribution in [2.24, 2.45) is 0 Å². The van der Waals surface area contributed by atoms with Gasteiger partial charge in [-0.3, -0.25) is 10.3 Å². The molecule has 0 saturated carbocycles. The summed E-state index contributed by atoms with van der Waals surface area (Å²) < 4.78 is 0. The number of hydrogen-bond donors (Lipinski definition) is 3. The number of nitrogens with one attached hydrogen (secondary N) is 2. The Morgan fingerprint density at radius 1 is 1.20 bits per heavy atom. The maximum absolute atomic E-state index is 10.7. The lowest BCUT2D eigenvalue weighted by molar-refractivity contribution is 0.209. The van der Waals surface area contributed by atoms with Crippen LogP contribution < -0.4 is 5.32 Å². The minimum atomic E-state index is -1.15. The van der Waals surface area contributed by atoms with Crippen molar-refractivity contribution in [1.82, 2.24) is 15.0 Å². The molecule has 0 aliphatic heterocycles. The molecule has 0 bridgehead atoms. The summed E-state index contributed by atoms with van der Waals surface area (Å²) in [4.78, 5) is 24.4. The quantitative estimate of drug-likeness (QED) is 0.475. The van der Waals surface area contributed by atoms with E-state index in [1.807, 2.05) is 41.9 Å². The third-order valence-electron chi connectivity index (χ3n) is 3.47. The number of imidazole rings is 1. The van der Waals surface area contributed by atoms with Crippen LogP contribution in [0.2, 0.25) is 0 Å². The lowest BCUT2D eigenvalue weighted by Crippen LogP contribution is -2.08. The number of carbonyl (C=O) groups is 1. The Balaban J connectivity index is 1.54. The fraction of sp³-hybridized carbons (Fsp3) is 0. The number of H-pyrrole nitrogens is 1. The molecule has 6 nitrogen and oxygen atoms in total. The van der Waals surface area contributed by atoms with E-state index in [0.717, 1.165) is 26.6 Å². The fourth-order valence-electron chi connectivity index (χ4n) is 2.37. The van der Waals surface area contributed by atoms with E-state index in [-0.39, 0.29) is 5.95 Å². The predicted octanol–water partition coefficient (Wildman–Crippen LogP) is 4.93. The molecule has 25 heavy (non-hydrogen) atoms. The van der Waals surface area contributed by atoms with Gasteiger partial charge in [0.1, 0.15) is 0 Å². The van der Waals surface area contributed by atoms with E-state index in [9.17, 15) is 4.79 Å². The Labute approximate surface area is 151 Å². The molecular formula is C17H12N4O2S2. The molecule has 0 radical (unpaired) electrons. The van der Waals surface area contributed by atoms with Gasteiger partial charge in [0.25, 0.3) is 0 Å². The molecule has 4 aromatic rings. The molecule has 3 heterocycles. The van der Waals surface area contributed by atoms with E-state index < -0.39 is 6.09 Å². The van der Waals surface area contributed by atoms with Gasteiger partial charge in [0, 0.05) is 26.9 Å². The van der Waals surface area contributed by atoms with Gasteiger partial charge >= 0.3 is 6.09 Å². The number of pyridine rings is 1. The highest BCUT2D eigenvalue weighted by Crippen LogP contribution is 2.31. The fourth-order valence-corrected chi connectivity index (χ4v) is 3.85. The van der Waals surface area contributed by atoms with Crippen LogP contribution in [-0.4, -0.2) is 26.2 Å². The number of nitrogens with zero attached hydrogens (tertiary/aromatic N) is 2. The first-order valence-electron chi connectivity index (χ1n) is 7.33. The number of aromatic nitrogens is 3. The van der Waals surface area contributed by atoms with Gasteiger partial charge in [0.15, 0.2) is 0 Å². The molecule has 0 unspecified atom stereocenters. The third-order valence-corrected chi connectivity index (χ3v) is 5.12. The van der Waals surface area contributed by atoms with Crippen molar-refractivity contribution >= 4 is 46.2 Å². The van der Waals surface area contributed by atoms with Gasteiger partial charge in [0.05, 0.1) is 16.7 Å². The number of hydrogen-bond acceptors (Lipinski definition) is 5. The van der Waals surface area contributed by atoms with Crippen LogP contribution in [0, 0.1) is 0 Å². The van der Waals surface area contributed by atoms with Crippen LogP contribution in [-0.2, 0) is 0 Å². The van der Waals surface area contributed by atoms with Gasteiger partial charge in [-0.15, -0.1) is 0 Å². The second-order valence-corrected chi connectivity index (χ2v) is 7.11. The predicted molar refractivity (Wildman–Crippen MR) is 99.4 cm³/mol. The topological polar surface area (TPSA) is 90.9 Å². The molecule has 0 fully saturated rings. The summed E-state index contributed by atoms with van der Waals surface area (Å²) in [6, 6.07) is 11.8. The van der Waals surface area contributed by atoms with Crippen molar-refractivity contribution < 1.29 is 9.90 Å². The molecule has 0 atom stereocenters. The number of benzene rings is 1. The van der Waals surface area contributed by atoms with Crippen LogP contribution in [0.4, 0.5) is 10.7 Å². The summed E-state index contributed by atoms with van der Waals surface area (Å²) in [6.45, 7) is 0. The molecule has 0 spiro atoms. The van der Waals surface area contributed by atoms with E-state index in [0.29, 0.717) is 5.52 Å². The normalized spacial score (nSPS) is 10.9. The summed E-state index contributed by atoms with van der Waals surface area (Å²) in [7, 11) is 0. The summed E-state index contributed by atoms with van der Waals surface area (Å²) in [5.41, 5.74) is 3.56. The zero-order chi connectivity index (χ0) is 17.2. The first-order valence-corrected chi connectivity index (χ1v) is 9.09. The molecule has 4 rings (SSSR count). The lowest BCUT2D eigenvalue weighted by Gasteiger charge is -2.03. The lowest BCUT2D eigenvalue weighted by atomic mass is 10.2. The van der Waals surface area contributed by atoms with Crippen LogP contribution in [0.15, 0.2) is 63.1 Å². The van der Waals surface area contributed by atoms with Gasteiger partial charge in [-0.25, -0.2) is 9.78 Å². The number of aromatic amines is 1. The minimum absolute atomic E-state index is 0.214. The maximum Gasteiger partial charge on any atom is 0.411 e. The first-order chi connectivity index (χ1) is 12.2. The van der Waals surface area contributed by atoms with E-state index in [1.165, 1.54) is 0 Å². The zero-order valence-electron chi connectivity index (χ0n) is 12.8. The average molecular weight is 368 g/mol. The van der Waals surface area contributed by atoms with Crippen molar-refractivity contribution in [2.45, 2.75) is 9.79 Å². The third kappa shape index (κ3) is 3.49. The van der Waals surface area contributed by atoms with Crippen LogP contribution in [0.5, 0.6) is 0 Å². The molecular weight excluding hydrogens is 356 g/mol. The van der Waals surface area contributed by atoms with Gasteiger partial charge < -0.3 is 10.1 Å². The monoisotopic (exact) mass is 368 g/mol. The van der Waals surface area contributed by atoms with Crippen LogP contribution >= 0.6 is 23.1 Å². The number of amides is 1. The van der Waals surface area contributed by atoms with Crippen LogP contribution in [0.25, 0.3) is 22.3 Å². The number of carboxylic acid groups (broad SMARTS) is 1. The molecule has 3 aromatic heterocycles. The van der Waals surface area contributed by atoms with Gasteiger partial charge in [0.2, 0.25) is 5.95 Å². The Morgan fingerprint density at radius 3 is 2.80 bits per heavy atom. The Morgan fingerprint density at radius 2 is 2.08 bits per heavy atom. The second-order valence-electron chi connectivity index (χ2n) is 5.19. The average Bonchev–Trinajstić information content (AvgIpc) is 3.24. The molecule has 1 amide bonds. The molecule has 124 valence electrons. The van der Waals surface area contributed by atoms with Crippen molar-refractivity contribution in [3.05, 3.63) is 53.4 Å². The Kier molecular flexibility index (Phi) is 4.12. The van der Waals surface area contributed by atoms with Crippen LogP contribution in [0.3, 0.4) is 0 Å². The maximum atomic E-state index is 10.7. The highest BCUT2D eigenvalue weighted by atomic mass is 32.2. The van der Waals surface area contributed by atoms with Gasteiger partial charge in [-0.05, 0) is 41.8 Å². The highest BCUT2D eigenvalue weighted by molar-refractivity contribution is 7.99. The molecule has 0 aliphatic carbocycles. The molecule has 3 N–H and O–H groups in total. The molecule has 0 saturated heterocycles. The summed E-state index contributed by atoms with van der Waals surface area (Å²) in [5, 5.41) is 15.1. The first kappa shape index (κ1) is 15.7. The number of rotatable bonds is 4. The van der Waals surface area contributed by atoms with E-state index in [1.54, 1.807) is 23.1 Å². The standard InChI is InChI=1S/C17H12N4O2S2/c22-17(23)21-16-19-14-4-1-11(7-15(14)20-16)25-12-2-3-13(18-8-12)10-5-6-24-9-10/h1-9H,(H,22,23)(H2,19,20,21). The Bertz CT molecular complexity index is 1030. The van der Waals surface area contributed by atoms with Crippen LogP contribution in [0.1, 0.15) is 0 Å². The van der Waals surface area contributed by atoms with Gasteiger partial charge in [-0.1, -0.05) is 11.8 Å². The van der Waals surface area contributed by atoms with Crippen molar-refractivity contribution in [1.29, 1.82) is 0 Å². The number of fused-ring (bicyclic) bond motifs is 1. The van der Waals surface area contributed by atoms with Gasteiger partial charge in [-0.2, -0.15) is 11.3 Å². The summed E-state index contributed by atoms with van der Waals surface area (Å²) in [5.74, 6) is 0.214. The molecule has 0 aliphatic rings. The largest absolute Gasteiger partial charge is 0.465 e. The minimum Gasteiger partial charge on any atom is -0.465 e. The summed E-state index contributed by atoms with van der Waals surface area (Å²) in [6.07, 6.45) is 0.706. The summed E-state index contributed by atoms with van der Waals surface area (Å²) >= 11 is 3.24. The van der Waals surface area contributed by atoms with Crippen molar-refractivity contribution in [2.75, 3.05) is 5.32 Å². The smallest absolute Gasteiger partial charge is 0.411 e. The van der Waals surface area contributed by atoms with Crippen molar-refractivity contribution in [3.8, 4) is 11.3 Å².